The van der Waals surface area contributed by atoms with Crippen molar-refractivity contribution in [3.63, 3.8) is 0 Å². The third-order valence-electron chi connectivity index (χ3n) is 3.27. The van der Waals surface area contributed by atoms with Gasteiger partial charge in [0, 0.05) is 23.6 Å². The first kappa shape index (κ1) is 11.8. The number of anilines is 1. The number of hydrogen-bond donors (Lipinski definition) is 2. The highest BCUT2D eigenvalue weighted by molar-refractivity contribution is 5.83. The predicted octanol–water partition coefficient (Wildman–Crippen LogP) is 4.23. The fraction of sp³-hybridized carbons (Fsp3) is 0.125. The quantitative estimate of drug-likeness (QED) is 0.719. The fourth-order valence-corrected chi connectivity index (χ4v) is 2.24. The maximum Gasteiger partial charge on any atom is 0.146 e. The van der Waals surface area contributed by atoms with Crippen LogP contribution in [0.1, 0.15) is 11.1 Å². The molecule has 0 unspecified atom stereocenters. The van der Waals surface area contributed by atoms with Crippen LogP contribution in [0.2, 0.25) is 0 Å². The number of halogens is 1. The highest BCUT2D eigenvalue weighted by Crippen LogP contribution is 2.21. The Morgan fingerprint density at radius 1 is 1.16 bits per heavy atom. The summed E-state index contributed by atoms with van der Waals surface area (Å²) in [4.78, 5) is 3.22. The van der Waals surface area contributed by atoms with Gasteiger partial charge >= 0.3 is 0 Å². The van der Waals surface area contributed by atoms with Gasteiger partial charge in [-0.05, 0) is 36.2 Å². The molecule has 0 spiro atoms. The highest BCUT2D eigenvalue weighted by Gasteiger charge is 2.05. The number of fused-ring (bicyclic) bond motifs is 1. The summed E-state index contributed by atoms with van der Waals surface area (Å²) >= 11 is 0. The number of aryl methyl sites for hydroxylation is 1. The van der Waals surface area contributed by atoms with E-state index in [2.05, 4.69) is 16.4 Å². The monoisotopic (exact) mass is 254 g/mol. The highest BCUT2D eigenvalue weighted by atomic mass is 19.1. The van der Waals surface area contributed by atoms with Crippen molar-refractivity contribution >= 4 is 16.6 Å². The average molecular weight is 254 g/mol. The molecule has 0 saturated carbocycles. The summed E-state index contributed by atoms with van der Waals surface area (Å²) in [6.07, 6.45) is 1.96. The van der Waals surface area contributed by atoms with Gasteiger partial charge in [-0.3, -0.25) is 0 Å². The molecule has 0 aliphatic heterocycles. The van der Waals surface area contributed by atoms with Crippen LogP contribution in [0.15, 0.2) is 48.7 Å². The summed E-state index contributed by atoms with van der Waals surface area (Å²) in [7, 11) is 0. The van der Waals surface area contributed by atoms with Gasteiger partial charge in [0.25, 0.3) is 0 Å². The molecular weight excluding hydrogens is 239 g/mol. The van der Waals surface area contributed by atoms with Crippen LogP contribution in [0, 0.1) is 12.7 Å². The second-order valence-corrected chi connectivity index (χ2v) is 4.70. The molecule has 0 saturated heterocycles. The largest absolute Gasteiger partial charge is 0.379 e. The molecule has 1 heterocycles. The van der Waals surface area contributed by atoms with Gasteiger partial charge in [0.15, 0.2) is 0 Å². The second kappa shape index (κ2) is 4.76. The van der Waals surface area contributed by atoms with Gasteiger partial charge in [0.1, 0.15) is 5.82 Å². The van der Waals surface area contributed by atoms with Crippen molar-refractivity contribution in [2.75, 3.05) is 5.32 Å². The van der Waals surface area contributed by atoms with E-state index in [1.807, 2.05) is 37.4 Å². The van der Waals surface area contributed by atoms with E-state index in [0.29, 0.717) is 12.2 Å². The summed E-state index contributed by atoms with van der Waals surface area (Å²) in [5, 5.41) is 4.32. The maximum atomic E-state index is 13.6. The number of nitrogens with one attached hydrogen (secondary N) is 2. The minimum atomic E-state index is -0.217. The minimum Gasteiger partial charge on any atom is -0.379 e. The third kappa shape index (κ3) is 2.32. The number of H-pyrrole nitrogens is 1. The molecule has 2 N–H and O–H groups in total. The normalized spacial score (nSPS) is 10.8. The van der Waals surface area contributed by atoms with Crippen LogP contribution >= 0.6 is 0 Å². The molecule has 0 aliphatic carbocycles. The molecule has 3 heteroatoms. The van der Waals surface area contributed by atoms with E-state index in [4.69, 9.17) is 0 Å². The number of benzene rings is 2. The van der Waals surface area contributed by atoms with Crippen LogP contribution in [0.25, 0.3) is 10.9 Å². The molecule has 3 aromatic rings. The number of hydrogen-bond acceptors (Lipinski definition) is 1. The molecule has 2 aromatic carbocycles. The van der Waals surface area contributed by atoms with Crippen molar-refractivity contribution in [2.24, 2.45) is 0 Å². The summed E-state index contributed by atoms with van der Waals surface area (Å²) in [6, 6.07) is 13.2. The number of aromatic amines is 1. The Hall–Kier alpha value is -2.29. The van der Waals surface area contributed by atoms with Gasteiger partial charge in [-0.2, -0.15) is 0 Å². The molecule has 2 nitrogen and oxygen atoms in total. The van der Waals surface area contributed by atoms with E-state index >= 15 is 0 Å². The van der Waals surface area contributed by atoms with Gasteiger partial charge < -0.3 is 10.3 Å². The van der Waals surface area contributed by atoms with Crippen LogP contribution in [0.5, 0.6) is 0 Å². The molecule has 3 rings (SSSR count). The van der Waals surface area contributed by atoms with Gasteiger partial charge in [0.2, 0.25) is 0 Å². The Bertz CT molecular complexity index is 716. The molecule has 0 aliphatic rings. The van der Waals surface area contributed by atoms with E-state index in [9.17, 15) is 4.39 Å². The van der Waals surface area contributed by atoms with E-state index in [-0.39, 0.29) is 5.82 Å². The molecule has 19 heavy (non-hydrogen) atoms. The fourth-order valence-electron chi connectivity index (χ4n) is 2.24. The van der Waals surface area contributed by atoms with Crippen molar-refractivity contribution in [2.45, 2.75) is 13.5 Å². The van der Waals surface area contributed by atoms with Crippen molar-refractivity contribution in [1.82, 2.24) is 4.98 Å². The lowest BCUT2D eigenvalue weighted by Crippen LogP contribution is -2.01. The molecule has 96 valence electrons. The first-order valence-electron chi connectivity index (χ1n) is 6.29. The SMILES string of the molecule is Cc1ccc(F)c(NCc2c[nH]c3ccccc23)c1. The zero-order valence-electron chi connectivity index (χ0n) is 10.7. The summed E-state index contributed by atoms with van der Waals surface area (Å²) in [5.74, 6) is -0.217. The van der Waals surface area contributed by atoms with E-state index in [0.717, 1.165) is 16.6 Å². The van der Waals surface area contributed by atoms with Gasteiger partial charge in [-0.15, -0.1) is 0 Å². The summed E-state index contributed by atoms with van der Waals surface area (Å²) < 4.78 is 13.6. The maximum absolute atomic E-state index is 13.6. The van der Waals surface area contributed by atoms with Crippen molar-refractivity contribution in [3.8, 4) is 0 Å². The Morgan fingerprint density at radius 2 is 2.00 bits per heavy atom. The first-order valence-corrected chi connectivity index (χ1v) is 6.29. The Labute approximate surface area is 111 Å². The summed E-state index contributed by atoms with van der Waals surface area (Å²) in [6.45, 7) is 2.56. The van der Waals surface area contributed by atoms with E-state index < -0.39 is 0 Å². The van der Waals surface area contributed by atoms with Crippen molar-refractivity contribution < 1.29 is 4.39 Å². The molecule has 0 fully saturated rings. The molecular formula is C16H15FN2. The smallest absolute Gasteiger partial charge is 0.146 e. The Balaban J connectivity index is 1.84. The summed E-state index contributed by atoms with van der Waals surface area (Å²) in [5.41, 5.74) is 3.83. The topological polar surface area (TPSA) is 27.8 Å². The van der Waals surface area contributed by atoms with Gasteiger partial charge in [0.05, 0.1) is 5.69 Å². The van der Waals surface area contributed by atoms with Crippen LogP contribution in [0.4, 0.5) is 10.1 Å². The second-order valence-electron chi connectivity index (χ2n) is 4.70. The third-order valence-corrected chi connectivity index (χ3v) is 3.27. The lowest BCUT2D eigenvalue weighted by atomic mass is 10.1. The predicted molar refractivity (Wildman–Crippen MR) is 76.8 cm³/mol. The number of rotatable bonds is 3. The van der Waals surface area contributed by atoms with Crippen molar-refractivity contribution in [1.29, 1.82) is 0 Å². The van der Waals surface area contributed by atoms with Gasteiger partial charge in [-0.1, -0.05) is 24.3 Å². The lowest BCUT2D eigenvalue weighted by Gasteiger charge is -2.07. The standard InChI is InChI=1S/C16H15FN2/c1-11-6-7-14(17)16(8-11)19-10-12-9-18-15-5-3-2-4-13(12)15/h2-9,18-19H,10H2,1H3. The van der Waals surface area contributed by atoms with Crippen molar-refractivity contribution in [3.05, 3.63) is 65.6 Å². The van der Waals surface area contributed by atoms with Gasteiger partial charge in [-0.25, -0.2) is 4.39 Å². The zero-order chi connectivity index (χ0) is 13.2. The number of aromatic nitrogens is 1. The van der Waals surface area contributed by atoms with Crippen LogP contribution < -0.4 is 5.32 Å². The molecule has 0 bridgehead atoms. The van der Waals surface area contributed by atoms with Crippen LogP contribution in [-0.2, 0) is 6.54 Å². The zero-order valence-corrected chi connectivity index (χ0v) is 10.7. The molecule has 0 atom stereocenters. The Kier molecular flexibility index (Phi) is 2.95. The Morgan fingerprint density at radius 3 is 2.89 bits per heavy atom. The average Bonchev–Trinajstić information content (AvgIpc) is 2.83. The minimum absolute atomic E-state index is 0.217. The molecule has 0 radical (unpaired) electrons. The van der Waals surface area contributed by atoms with E-state index in [1.54, 1.807) is 6.07 Å². The first-order chi connectivity index (χ1) is 9.24. The van der Waals surface area contributed by atoms with Crippen LogP contribution in [0.3, 0.4) is 0 Å². The van der Waals surface area contributed by atoms with E-state index in [1.165, 1.54) is 11.5 Å². The van der Waals surface area contributed by atoms with Crippen LogP contribution in [-0.4, -0.2) is 4.98 Å². The molecule has 1 aromatic heterocycles. The number of para-hydroxylation sites is 1. The lowest BCUT2D eigenvalue weighted by molar-refractivity contribution is 0.629. The molecule has 0 amide bonds.